The third kappa shape index (κ3) is 8.64. The topological polar surface area (TPSA) is 203 Å². The van der Waals surface area contributed by atoms with E-state index in [1.165, 1.54) is 18.9 Å². The minimum absolute atomic E-state index is 0.0439. The molecule has 2 aliphatic heterocycles. The summed E-state index contributed by atoms with van der Waals surface area (Å²) in [6.07, 6.45) is 20.9. The number of nitrogens with two attached hydrogens (primary N) is 2. The van der Waals surface area contributed by atoms with Gasteiger partial charge < -0.3 is 35.7 Å². The Bertz CT molecular complexity index is 2130. The zero-order valence-corrected chi connectivity index (χ0v) is 33.6. The molecule has 6 rings (SSSR count). The van der Waals surface area contributed by atoms with E-state index in [0.717, 1.165) is 51.5 Å². The van der Waals surface area contributed by atoms with E-state index in [9.17, 15) is 19.2 Å². The summed E-state index contributed by atoms with van der Waals surface area (Å²) in [5.74, 6) is 15.5. The Balaban J connectivity index is 1.12. The van der Waals surface area contributed by atoms with Crippen LogP contribution in [0.5, 0.6) is 0 Å². The van der Waals surface area contributed by atoms with Crippen LogP contribution in [0.3, 0.4) is 0 Å². The van der Waals surface area contributed by atoms with Crippen LogP contribution in [-0.2, 0) is 25.6 Å². The van der Waals surface area contributed by atoms with E-state index in [4.69, 9.17) is 32.6 Å². The molecule has 5 atom stereocenters. The predicted octanol–water partition coefficient (Wildman–Crippen LogP) is 3.52. The Morgan fingerprint density at radius 1 is 1.14 bits per heavy atom. The van der Waals surface area contributed by atoms with E-state index in [-0.39, 0.29) is 48.8 Å². The maximum atomic E-state index is 13.6. The number of nitrogen functional groups attached to an aromatic ring is 1. The normalized spacial score (nSPS) is 20.3. The zero-order valence-electron chi connectivity index (χ0n) is 33.6. The molecule has 306 valence electrons. The molecule has 1 fully saturated rings. The smallest absolute Gasteiger partial charge is 0.424 e. The van der Waals surface area contributed by atoms with E-state index in [1.807, 2.05) is 13.8 Å². The molecule has 16 nitrogen and oxygen atoms in total. The lowest BCUT2D eigenvalue weighted by atomic mass is 9.90. The summed E-state index contributed by atoms with van der Waals surface area (Å²) in [6.45, 7) is 6.19. The first-order valence-corrected chi connectivity index (χ1v) is 19.4. The number of aliphatic imine (C=N–C) groups is 1. The van der Waals surface area contributed by atoms with Gasteiger partial charge in [0.15, 0.2) is 0 Å². The third-order valence-corrected chi connectivity index (χ3v) is 11.0. The summed E-state index contributed by atoms with van der Waals surface area (Å²) in [4.78, 5) is 63.9. The van der Waals surface area contributed by atoms with Crippen molar-refractivity contribution in [2.75, 3.05) is 33.2 Å². The van der Waals surface area contributed by atoms with E-state index in [0.29, 0.717) is 31.0 Å². The SMILES string of the molecule is C#CCCN(Cc1ncc(C2C=CC(c3ccc4c(c3)C=CC3C=C4NC(C4CCCN4C(=O)C(C)N(N)C(=O)OC)=N3)=CC2)n1N)C(=O)C(NC(=O)OC)C(C)C. The van der Waals surface area contributed by atoms with Crippen LogP contribution >= 0.6 is 0 Å². The maximum absolute atomic E-state index is 13.6. The number of alkyl carbamates (subject to hydrolysis) is 1. The number of rotatable bonds is 12. The number of terminal acetylenes is 1. The summed E-state index contributed by atoms with van der Waals surface area (Å²) in [7, 11) is 2.47. The molecule has 0 saturated carbocycles. The second-order valence-electron chi connectivity index (χ2n) is 15.0. The molecular formula is C42H52N10O6. The van der Waals surface area contributed by atoms with Gasteiger partial charge >= 0.3 is 12.2 Å². The second-order valence-corrected chi connectivity index (χ2v) is 15.0. The third-order valence-electron chi connectivity index (χ3n) is 11.0. The second kappa shape index (κ2) is 17.9. The first-order valence-electron chi connectivity index (χ1n) is 19.4. The number of benzene rings is 1. The number of ether oxygens (including phenoxy) is 2. The van der Waals surface area contributed by atoms with E-state index in [1.54, 1.807) is 22.9 Å². The largest absolute Gasteiger partial charge is 0.453 e. The van der Waals surface area contributed by atoms with Gasteiger partial charge in [-0.3, -0.25) is 14.6 Å². The van der Waals surface area contributed by atoms with Gasteiger partial charge in [-0.25, -0.2) is 30.1 Å². The lowest BCUT2D eigenvalue weighted by Crippen LogP contribution is -2.56. The first-order chi connectivity index (χ1) is 27.8. The number of imidazole rings is 1. The van der Waals surface area contributed by atoms with E-state index >= 15 is 0 Å². The summed E-state index contributed by atoms with van der Waals surface area (Å²) < 4.78 is 11.0. The Morgan fingerprint density at radius 2 is 1.93 bits per heavy atom. The predicted molar refractivity (Wildman–Crippen MR) is 220 cm³/mol. The molecule has 1 saturated heterocycles. The quantitative estimate of drug-likeness (QED) is 0.107. The molecule has 6 N–H and O–H groups in total. The number of amides is 4. The molecule has 16 heteroatoms. The summed E-state index contributed by atoms with van der Waals surface area (Å²) in [5.41, 5.74) is 5.90. The fourth-order valence-electron chi connectivity index (χ4n) is 7.66. The van der Waals surface area contributed by atoms with Crippen LogP contribution in [0, 0.1) is 18.3 Å². The number of likely N-dealkylation sites (tertiary alicyclic amines) is 1. The van der Waals surface area contributed by atoms with Crippen molar-refractivity contribution < 1.29 is 28.7 Å². The maximum Gasteiger partial charge on any atom is 0.424 e. The summed E-state index contributed by atoms with van der Waals surface area (Å²) in [6, 6.07) is 4.15. The Morgan fingerprint density at radius 3 is 2.62 bits per heavy atom. The molecule has 5 unspecified atom stereocenters. The van der Waals surface area contributed by atoms with Crippen molar-refractivity contribution in [3.05, 3.63) is 83.0 Å². The zero-order chi connectivity index (χ0) is 41.7. The molecule has 1 aromatic heterocycles. The van der Waals surface area contributed by atoms with Crippen LogP contribution in [0.2, 0.25) is 0 Å². The van der Waals surface area contributed by atoms with Gasteiger partial charge in [0, 0.05) is 36.7 Å². The molecule has 58 heavy (non-hydrogen) atoms. The minimum Gasteiger partial charge on any atom is -0.453 e. The lowest BCUT2D eigenvalue weighted by Gasteiger charge is -2.33. The number of amidine groups is 1. The Labute approximate surface area is 338 Å². The number of fused-ring (bicyclic) bond motifs is 3. The summed E-state index contributed by atoms with van der Waals surface area (Å²) >= 11 is 0. The number of nitrogens with zero attached hydrogens (tertiary/aromatic N) is 6. The van der Waals surface area contributed by atoms with Crippen molar-refractivity contribution in [1.29, 1.82) is 0 Å². The van der Waals surface area contributed by atoms with Gasteiger partial charge in [-0.1, -0.05) is 56.4 Å². The monoisotopic (exact) mass is 792 g/mol. The van der Waals surface area contributed by atoms with Crippen LogP contribution < -0.4 is 22.3 Å². The number of hydrogen-bond donors (Lipinski definition) is 4. The van der Waals surface area contributed by atoms with Crippen molar-refractivity contribution in [1.82, 2.24) is 35.1 Å². The molecule has 1 aromatic carbocycles. The fourth-order valence-corrected chi connectivity index (χ4v) is 7.66. The van der Waals surface area contributed by atoms with Crippen LogP contribution in [-0.4, -0.2) is 106 Å². The highest BCUT2D eigenvalue weighted by molar-refractivity contribution is 6.01. The van der Waals surface area contributed by atoms with Gasteiger partial charge in [-0.15, -0.1) is 12.3 Å². The average molecular weight is 793 g/mol. The lowest BCUT2D eigenvalue weighted by molar-refractivity contribution is -0.136. The first kappa shape index (κ1) is 41.3. The molecule has 4 amide bonds. The molecular weight excluding hydrogens is 741 g/mol. The molecule has 2 aromatic rings. The number of hydrazine groups is 1. The van der Waals surface area contributed by atoms with Gasteiger partial charge in [-0.2, -0.15) is 0 Å². The van der Waals surface area contributed by atoms with Gasteiger partial charge in [0.25, 0.3) is 0 Å². The van der Waals surface area contributed by atoms with Crippen LogP contribution in [0.15, 0.2) is 59.8 Å². The van der Waals surface area contributed by atoms with Gasteiger partial charge in [0.05, 0.1) is 44.7 Å². The van der Waals surface area contributed by atoms with Gasteiger partial charge in [0.2, 0.25) is 11.8 Å². The van der Waals surface area contributed by atoms with Crippen molar-refractivity contribution >= 4 is 47.2 Å². The highest BCUT2D eigenvalue weighted by atomic mass is 16.5. The van der Waals surface area contributed by atoms with E-state index in [2.05, 4.69) is 76.2 Å². The fraction of sp³-hybridized carbons (Fsp3) is 0.429. The Hall–Kier alpha value is -6.34. The van der Waals surface area contributed by atoms with Gasteiger partial charge in [0.1, 0.15) is 23.7 Å². The number of carbonyl (C=O) groups is 4. The standard InChI is InChI=1S/C42H52N10O6/c1-7-8-19-49(40(54)37(25(2)3)48-41(55)57-5)24-36-45-23-35(52(36)44)28-13-11-27(12-14-28)29-16-18-32-30(21-29)15-17-31-22-33(32)47-38(46-31)34-10-9-20-50(34)39(53)26(4)51(43)42(56)58-6/h1,11-13,15-18,21-23,25-26,28,31,34,37H,8-10,14,19-20,24,43-44H2,2-6H3,(H,46,47)(H,48,55). The van der Waals surface area contributed by atoms with Crippen LogP contribution in [0.4, 0.5) is 9.59 Å². The van der Waals surface area contributed by atoms with Crippen molar-refractivity contribution in [3.63, 3.8) is 0 Å². The molecule has 2 aliphatic carbocycles. The van der Waals surface area contributed by atoms with Gasteiger partial charge in [-0.05, 0) is 60.9 Å². The highest BCUT2D eigenvalue weighted by Gasteiger charge is 2.39. The number of methoxy groups -OCH3 is 2. The number of carbonyl (C=O) groups excluding carboxylic acids is 4. The molecule has 0 radical (unpaired) electrons. The highest BCUT2D eigenvalue weighted by Crippen LogP contribution is 2.34. The molecule has 0 spiro atoms. The van der Waals surface area contributed by atoms with Crippen LogP contribution in [0.25, 0.3) is 17.3 Å². The number of allylic oxidation sites excluding steroid dienone is 4. The van der Waals surface area contributed by atoms with Crippen LogP contribution in [0.1, 0.15) is 80.6 Å². The average Bonchev–Trinajstić information content (AvgIpc) is 3.85. The molecule has 2 bridgehead atoms. The summed E-state index contributed by atoms with van der Waals surface area (Å²) in [5, 5.41) is 6.98. The minimum atomic E-state index is -0.897. The molecule has 3 heterocycles. The van der Waals surface area contributed by atoms with E-state index < -0.39 is 24.3 Å². The van der Waals surface area contributed by atoms with Crippen molar-refractivity contribution in [2.45, 2.75) is 83.1 Å². The number of nitrogens with one attached hydrogen (secondary N) is 2. The van der Waals surface area contributed by atoms with Crippen molar-refractivity contribution in [3.8, 4) is 12.3 Å². The van der Waals surface area contributed by atoms with Crippen molar-refractivity contribution in [2.24, 2.45) is 16.8 Å². The Kier molecular flexibility index (Phi) is 12.7. The molecule has 4 aliphatic rings. The number of aromatic nitrogens is 2. The number of hydrogen-bond acceptors (Lipinski definition) is 11.